The molecule has 0 aliphatic rings. The molecule has 1 atom stereocenters. The summed E-state index contributed by atoms with van der Waals surface area (Å²) in [5.74, 6) is 1.08. The van der Waals surface area contributed by atoms with Crippen LogP contribution in [0.2, 0.25) is 0 Å². The maximum Gasteiger partial charge on any atom is 0.260 e. The molecule has 146 valence electrons. The average Bonchev–Trinajstić information content (AvgIpc) is 2.65. The first kappa shape index (κ1) is 20.8. The van der Waals surface area contributed by atoms with Gasteiger partial charge in [-0.25, -0.2) is 0 Å². The van der Waals surface area contributed by atoms with E-state index in [1.54, 1.807) is 6.92 Å². The Kier molecular flexibility index (Phi) is 7.71. The van der Waals surface area contributed by atoms with E-state index in [4.69, 9.17) is 4.74 Å². The molecule has 0 aliphatic carbocycles. The third kappa shape index (κ3) is 6.31. The smallest absolute Gasteiger partial charge is 0.260 e. The van der Waals surface area contributed by atoms with Crippen molar-refractivity contribution in [3.05, 3.63) is 59.7 Å². The number of anilines is 1. The van der Waals surface area contributed by atoms with Crippen molar-refractivity contribution in [2.75, 3.05) is 25.0 Å². The monoisotopic (exact) mass is 368 g/mol. The van der Waals surface area contributed by atoms with Crippen LogP contribution in [0, 0.1) is 6.92 Å². The van der Waals surface area contributed by atoms with Crippen LogP contribution in [0.15, 0.2) is 48.5 Å². The zero-order valence-electron chi connectivity index (χ0n) is 17.2. The molecule has 0 radical (unpaired) electrons. The molecule has 0 spiro atoms. The van der Waals surface area contributed by atoms with Crippen molar-refractivity contribution in [3.63, 3.8) is 0 Å². The van der Waals surface area contributed by atoms with E-state index < -0.39 is 6.10 Å². The number of nitrogens with one attached hydrogen (secondary N) is 1. The summed E-state index contributed by atoms with van der Waals surface area (Å²) < 4.78 is 5.97. The molecule has 0 aromatic heterocycles. The molecule has 0 bridgehead atoms. The van der Waals surface area contributed by atoms with Crippen molar-refractivity contribution < 1.29 is 9.53 Å². The average molecular weight is 369 g/mol. The van der Waals surface area contributed by atoms with Crippen molar-refractivity contribution in [2.45, 2.75) is 46.1 Å². The first-order valence-corrected chi connectivity index (χ1v) is 9.69. The number of amides is 1. The number of para-hydroxylation sites is 1. The predicted molar refractivity (Wildman–Crippen MR) is 113 cm³/mol. The highest BCUT2D eigenvalue weighted by molar-refractivity contribution is 5.80. The van der Waals surface area contributed by atoms with Gasteiger partial charge in [-0.1, -0.05) is 44.2 Å². The van der Waals surface area contributed by atoms with Crippen LogP contribution in [0.3, 0.4) is 0 Å². The van der Waals surface area contributed by atoms with Gasteiger partial charge in [0.1, 0.15) is 5.75 Å². The fourth-order valence-electron chi connectivity index (χ4n) is 2.95. The van der Waals surface area contributed by atoms with Crippen LogP contribution in [-0.2, 0) is 4.79 Å². The van der Waals surface area contributed by atoms with Crippen LogP contribution in [0.5, 0.6) is 5.75 Å². The van der Waals surface area contributed by atoms with E-state index in [2.05, 4.69) is 55.4 Å². The minimum atomic E-state index is -0.517. The Morgan fingerprint density at radius 1 is 1.11 bits per heavy atom. The predicted octanol–water partition coefficient (Wildman–Crippen LogP) is 4.53. The normalized spacial score (nSPS) is 11.9. The van der Waals surface area contributed by atoms with Gasteiger partial charge in [-0.3, -0.25) is 4.79 Å². The molecule has 2 aromatic carbocycles. The largest absolute Gasteiger partial charge is 0.481 e. The second-order valence-corrected chi connectivity index (χ2v) is 7.36. The number of aryl methyl sites for hydroxylation is 1. The Hall–Kier alpha value is -2.49. The molecule has 2 aromatic rings. The van der Waals surface area contributed by atoms with Gasteiger partial charge in [0, 0.05) is 25.8 Å². The summed E-state index contributed by atoms with van der Waals surface area (Å²) in [7, 11) is 2.06. The van der Waals surface area contributed by atoms with Gasteiger partial charge in [0.05, 0.1) is 0 Å². The summed E-state index contributed by atoms with van der Waals surface area (Å²) in [6, 6.07) is 16.4. The van der Waals surface area contributed by atoms with Crippen LogP contribution in [0.25, 0.3) is 0 Å². The highest BCUT2D eigenvalue weighted by Crippen LogP contribution is 2.28. The highest BCUT2D eigenvalue weighted by Gasteiger charge is 2.17. The quantitative estimate of drug-likeness (QED) is 0.661. The lowest BCUT2D eigenvalue weighted by Crippen LogP contribution is -2.37. The van der Waals surface area contributed by atoms with E-state index in [9.17, 15) is 4.79 Å². The zero-order chi connectivity index (χ0) is 19.8. The standard InChI is InChI=1S/C23H32N2O2/c1-17(2)21-13-12-18(3)16-22(21)27-19(4)23(26)24-14-9-15-25(5)20-10-7-6-8-11-20/h6-8,10-13,16-17,19H,9,14-15H2,1-5H3,(H,24,26). The molecule has 4 nitrogen and oxygen atoms in total. The van der Waals surface area contributed by atoms with Crippen LogP contribution in [0.1, 0.15) is 44.2 Å². The molecule has 0 aliphatic heterocycles. The topological polar surface area (TPSA) is 41.6 Å². The third-order valence-electron chi connectivity index (χ3n) is 4.63. The van der Waals surface area contributed by atoms with E-state index in [0.29, 0.717) is 12.5 Å². The summed E-state index contributed by atoms with van der Waals surface area (Å²) in [5, 5.41) is 2.98. The van der Waals surface area contributed by atoms with Crippen LogP contribution >= 0.6 is 0 Å². The molecule has 0 heterocycles. The second-order valence-electron chi connectivity index (χ2n) is 7.36. The van der Waals surface area contributed by atoms with Crippen molar-refractivity contribution in [1.29, 1.82) is 0 Å². The fraction of sp³-hybridized carbons (Fsp3) is 0.435. The Labute approximate surface area is 163 Å². The molecule has 2 rings (SSSR count). The van der Waals surface area contributed by atoms with Gasteiger partial charge in [0.25, 0.3) is 5.91 Å². The first-order valence-electron chi connectivity index (χ1n) is 9.69. The number of benzene rings is 2. The van der Waals surface area contributed by atoms with Crippen LogP contribution in [0.4, 0.5) is 5.69 Å². The summed E-state index contributed by atoms with van der Waals surface area (Å²) >= 11 is 0. The van der Waals surface area contributed by atoms with Gasteiger partial charge in [-0.2, -0.15) is 0 Å². The number of nitrogens with zero attached hydrogens (tertiary/aromatic N) is 1. The fourth-order valence-corrected chi connectivity index (χ4v) is 2.95. The van der Waals surface area contributed by atoms with E-state index >= 15 is 0 Å². The van der Waals surface area contributed by atoms with Crippen molar-refractivity contribution in [1.82, 2.24) is 5.32 Å². The minimum Gasteiger partial charge on any atom is -0.481 e. The molecule has 4 heteroatoms. The maximum atomic E-state index is 12.4. The summed E-state index contributed by atoms with van der Waals surface area (Å²) in [6.45, 7) is 9.61. The molecule has 1 N–H and O–H groups in total. The summed E-state index contributed by atoms with van der Waals surface area (Å²) in [6.07, 6.45) is 0.363. The van der Waals surface area contributed by atoms with E-state index in [1.165, 1.54) is 5.69 Å². The number of rotatable bonds is 9. The lowest BCUT2D eigenvalue weighted by molar-refractivity contribution is -0.127. The Morgan fingerprint density at radius 2 is 1.81 bits per heavy atom. The van der Waals surface area contributed by atoms with Crippen molar-refractivity contribution >= 4 is 11.6 Å². The lowest BCUT2D eigenvalue weighted by Gasteiger charge is -2.21. The van der Waals surface area contributed by atoms with E-state index in [1.807, 2.05) is 31.2 Å². The number of hydrogen-bond donors (Lipinski definition) is 1. The molecule has 0 fully saturated rings. The molecular weight excluding hydrogens is 336 g/mol. The molecule has 27 heavy (non-hydrogen) atoms. The minimum absolute atomic E-state index is 0.0754. The highest BCUT2D eigenvalue weighted by atomic mass is 16.5. The van der Waals surface area contributed by atoms with Crippen LogP contribution < -0.4 is 15.0 Å². The van der Waals surface area contributed by atoms with Crippen LogP contribution in [-0.4, -0.2) is 32.1 Å². The molecular formula is C23H32N2O2. The summed E-state index contributed by atoms with van der Waals surface area (Å²) in [5.41, 5.74) is 3.44. The van der Waals surface area contributed by atoms with Gasteiger partial charge in [-0.05, 0) is 55.5 Å². The summed E-state index contributed by atoms with van der Waals surface area (Å²) in [4.78, 5) is 14.6. The maximum absolute atomic E-state index is 12.4. The van der Waals surface area contributed by atoms with Gasteiger partial charge in [0.15, 0.2) is 6.10 Å². The molecule has 1 unspecified atom stereocenters. The Bertz CT molecular complexity index is 728. The zero-order valence-corrected chi connectivity index (χ0v) is 17.2. The Morgan fingerprint density at radius 3 is 2.48 bits per heavy atom. The van der Waals surface area contributed by atoms with Gasteiger partial charge in [0.2, 0.25) is 0 Å². The molecule has 0 saturated carbocycles. The SMILES string of the molecule is Cc1ccc(C(C)C)c(OC(C)C(=O)NCCCN(C)c2ccccc2)c1. The van der Waals surface area contributed by atoms with E-state index in [-0.39, 0.29) is 5.91 Å². The van der Waals surface area contributed by atoms with Gasteiger partial charge in [-0.15, -0.1) is 0 Å². The first-order chi connectivity index (χ1) is 12.9. The number of ether oxygens (including phenoxy) is 1. The molecule has 0 saturated heterocycles. The van der Waals surface area contributed by atoms with Gasteiger partial charge < -0.3 is 15.0 Å². The van der Waals surface area contributed by atoms with Crippen molar-refractivity contribution in [3.8, 4) is 5.75 Å². The number of hydrogen-bond acceptors (Lipinski definition) is 3. The van der Waals surface area contributed by atoms with Crippen molar-refractivity contribution in [2.24, 2.45) is 0 Å². The lowest BCUT2D eigenvalue weighted by atomic mass is 10.0. The van der Waals surface area contributed by atoms with E-state index in [0.717, 1.165) is 29.8 Å². The molecule has 1 amide bonds. The van der Waals surface area contributed by atoms with Gasteiger partial charge >= 0.3 is 0 Å². The number of carbonyl (C=O) groups excluding carboxylic acids is 1. The Balaban J connectivity index is 1.80. The number of carbonyl (C=O) groups is 1. The second kappa shape index (κ2) is 10.0. The third-order valence-corrected chi connectivity index (χ3v) is 4.63.